The third-order valence-corrected chi connectivity index (χ3v) is 4.41. The Morgan fingerprint density at radius 3 is 2.61 bits per heavy atom. The van der Waals surface area contributed by atoms with Crippen LogP contribution in [0.1, 0.15) is 33.3 Å². The van der Waals surface area contributed by atoms with Crippen LogP contribution in [0.5, 0.6) is 11.5 Å². The molecular formula is C20H23ClN4O3. The van der Waals surface area contributed by atoms with Crippen molar-refractivity contribution < 1.29 is 14.6 Å². The van der Waals surface area contributed by atoms with Gasteiger partial charge >= 0.3 is 0 Å². The van der Waals surface area contributed by atoms with Crippen LogP contribution in [0.25, 0.3) is 16.7 Å². The highest BCUT2D eigenvalue weighted by Crippen LogP contribution is 2.38. The number of rotatable bonds is 5. The fourth-order valence-electron chi connectivity index (χ4n) is 2.79. The first-order valence-electron chi connectivity index (χ1n) is 8.93. The number of carbonyl (C=O) groups is 1. The number of ether oxygens (including phenoxy) is 1. The third-order valence-electron chi connectivity index (χ3n) is 4.17. The van der Waals surface area contributed by atoms with Crippen LogP contribution in [0, 0.1) is 0 Å². The molecule has 1 amide bonds. The highest BCUT2D eigenvalue weighted by molar-refractivity contribution is 6.31. The molecule has 28 heavy (non-hydrogen) atoms. The number of halogens is 1. The molecule has 0 saturated heterocycles. The molecule has 0 saturated carbocycles. The number of aromatic hydroxyl groups is 1. The molecule has 0 aliphatic carbocycles. The van der Waals surface area contributed by atoms with Gasteiger partial charge in [-0.3, -0.25) is 4.79 Å². The first-order chi connectivity index (χ1) is 13.1. The summed E-state index contributed by atoms with van der Waals surface area (Å²) in [5.74, 6) is 0.534. The zero-order valence-corrected chi connectivity index (χ0v) is 17.0. The van der Waals surface area contributed by atoms with Crippen molar-refractivity contribution in [2.24, 2.45) is 0 Å². The summed E-state index contributed by atoms with van der Waals surface area (Å²) in [7, 11) is 0. The van der Waals surface area contributed by atoms with Gasteiger partial charge in [-0.05, 0) is 29.7 Å². The second-order valence-corrected chi connectivity index (χ2v) is 7.98. The van der Waals surface area contributed by atoms with E-state index in [-0.39, 0.29) is 17.1 Å². The highest BCUT2D eigenvalue weighted by Gasteiger charge is 2.23. The van der Waals surface area contributed by atoms with E-state index < -0.39 is 0 Å². The van der Waals surface area contributed by atoms with Crippen molar-refractivity contribution in [2.45, 2.75) is 33.1 Å². The SMILES string of the molecule is CC(=O)NCCOc1cc(-n2nc3ccc(Cl)cc3n2)c(O)c(C(C)(C)C)c1. The second-order valence-electron chi connectivity index (χ2n) is 7.54. The summed E-state index contributed by atoms with van der Waals surface area (Å²) in [6.45, 7) is 8.14. The van der Waals surface area contributed by atoms with Gasteiger partial charge in [0, 0.05) is 23.6 Å². The minimum atomic E-state index is -0.328. The van der Waals surface area contributed by atoms with Gasteiger partial charge in [0.1, 0.15) is 34.8 Å². The van der Waals surface area contributed by atoms with Gasteiger partial charge in [0.2, 0.25) is 5.91 Å². The van der Waals surface area contributed by atoms with Crippen molar-refractivity contribution in [1.82, 2.24) is 20.3 Å². The smallest absolute Gasteiger partial charge is 0.216 e. The van der Waals surface area contributed by atoms with Crippen LogP contribution >= 0.6 is 11.6 Å². The predicted octanol–water partition coefficient (Wildman–Crippen LogP) is 3.59. The Kier molecular flexibility index (Phi) is 5.47. The normalized spacial score (nSPS) is 11.6. The first kappa shape index (κ1) is 19.9. The molecule has 0 spiro atoms. The van der Waals surface area contributed by atoms with E-state index in [1.54, 1.807) is 30.3 Å². The molecule has 0 aliphatic rings. The van der Waals surface area contributed by atoms with Gasteiger partial charge in [0.05, 0.1) is 6.54 Å². The largest absolute Gasteiger partial charge is 0.505 e. The van der Waals surface area contributed by atoms with E-state index >= 15 is 0 Å². The number of phenolic OH excluding ortho intramolecular Hbond substituents is 1. The quantitative estimate of drug-likeness (QED) is 0.636. The Hall–Kier alpha value is -2.80. The van der Waals surface area contributed by atoms with Crippen molar-refractivity contribution in [3.63, 3.8) is 0 Å². The summed E-state index contributed by atoms with van der Waals surface area (Å²) in [5, 5.41) is 23.0. The Morgan fingerprint density at radius 1 is 1.21 bits per heavy atom. The Bertz CT molecular complexity index is 1020. The molecular weight excluding hydrogens is 380 g/mol. The molecule has 8 heteroatoms. The number of aromatic nitrogens is 3. The van der Waals surface area contributed by atoms with Crippen molar-refractivity contribution >= 4 is 28.5 Å². The number of amides is 1. The van der Waals surface area contributed by atoms with E-state index in [9.17, 15) is 9.90 Å². The molecule has 2 N–H and O–H groups in total. The lowest BCUT2D eigenvalue weighted by molar-refractivity contribution is -0.119. The van der Waals surface area contributed by atoms with Gasteiger partial charge in [0.15, 0.2) is 0 Å². The monoisotopic (exact) mass is 402 g/mol. The van der Waals surface area contributed by atoms with Gasteiger partial charge in [-0.25, -0.2) is 0 Å². The van der Waals surface area contributed by atoms with Crippen molar-refractivity contribution in [1.29, 1.82) is 0 Å². The molecule has 0 aliphatic heterocycles. The molecule has 148 valence electrons. The number of nitrogens with zero attached hydrogens (tertiary/aromatic N) is 3. The zero-order valence-electron chi connectivity index (χ0n) is 16.3. The summed E-state index contributed by atoms with van der Waals surface area (Å²) in [4.78, 5) is 12.4. The van der Waals surface area contributed by atoms with Crippen LogP contribution in [-0.4, -0.2) is 39.2 Å². The minimum absolute atomic E-state index is 0.0908. The lowest BCUT2D eigenvalue weighted by Crippen LogP contribution is -2.25. The molecule has 1 heterocycles. The van der Waals surface area contributed by atoms with E-state index in [4.69, 9.17) is 16.3 Å². The molecule has 3 rings (SSSR count). The average molecular weight is 403 g/mol. The molecule has 2 aromatic carbocycles. The summed E-state index contributed by atoms with van der Waals surface area (Å²) in [5.41, 5.74) is 2.08. The summed E-state index contributed by atoms with van der Waals surface area (Å²) < 4.78 is 5.79. The number of fused-ring (bicyclic) bond motifs is 1. The van der Waals surface area contributed by atoms with E-state index in [1.807, 2.05) is 20.8 Å². The molecule has 0 fully saturated rings. The lowest BCUT2D eigenvalue weighted by Gasteiger charge is -2.23. The zero-order chi connectivity index (χ0) is 20.5. The summed E-state index contributed by atoms with van der Waals surface area (Å²) in [6.07, 6.45) is 0. The van der Waals surface area contributed by atoms with Crippen LogP contribution in [0.3, 0.4) is 0 Å². The molecule has 0 unspecified atom stereocenters. The Balaban J connectivity index is 2.02. The van der Waals surface area contributed by atoms with E-state index in [2.05, 4.69) is 15.5 Å². The van der Waals surface area contributed by atoms with Gasteiger partial charge < -0.3 is 15.2 Å². The maximum Gasteiger partial charge on any atom is 0.216 e. The number of carbonyl (C=O) groups excluding carboxylic acids is 1. The average Bonchev–Trinajstić information content (AvgIpc) is 3.01. The lowest BCUT2D eigenvalue weighted by atomic mass is 9.86. The Morgan fingerprint density at radius 2 is 1.93 bits per heavy atom. The van der Waals surface area contributed by atoms with Gasteiger partial charge in [-0.2, -0.15) is 0 Å². The fourth-order valence-corrected chi connectivity index (χ4v) is 2.96. The summed E-state index contributed by atoms with van der Waals surface area (Å²) >= 11 is 6.03. The maximum absolute atomic E-state index is 11.0. The van der Waals surface area contributed by atoms with Gasteiger partial charge in [0.25, 0.3) is 0 Å². The topological polar surface area (TPSA) is 89.3 Å². The molecule has 1 aromatic heterocycles. The van der Waals surface area contributed by atoms with E-state index in [1.165, 1.54) is 11.7 Å². The van der Waals surface area contributed by atoms with E-state index in [0.29, 0.717) is 46.2 Å². The van der Waals surface area contributed by atoms with Crippen molar-refractivity contribution in [2.75, 3.05) is 13.2 Å². The molecule has 0 atom stereocenters. The van der Waals surface area contributed by atoms with E-state index in [0.717, 1.165) is 0 Å². The van der Waals surface area contributed by atoms with Crippen molar-refractivity contribution in [3.8, 4) is 17.2 Å². The predicted molar refractivity (Wildman–Crippen MR) is 108 cm³/mol. The van der Waals surface area contributed by atoms with Crippen LogP contribution < -0.4 is 10.1 Å². The molecule has 3 aromatic rings. The van der Waals surface area contributed by atoms with Crippen LogP contribution in [0.4, 0.5) is 0 Å². The van der Waals surface area contributed by atoms with Crippen LogP contribution in [0.15, 0.2) is 30.3 Å². The van der Waals surface area contributed by atoms with Gasteiger partial charge in [-0.1, -0.05) is 32.4 Å². The molecule has 0 bridgehead atoms. The van der Waals surface area contributed by atoms with Gasteiger partial charge in [-0.15, -0.1) is 15.0 Å². The molecule has 7 nitrogen and oxygen atoms in total. The third kappa shape index (κ3) is 4.36. The first-order valence-corrected chi connectivity index (χ1v) is 9.30. The maximum atomic E-state index is 11.0. The standard InChI is InChI=1S/C20H23ClN4O3/c1-12(26)22-7-8-28-14-10-15(20(2,3)4)19(27)18(11-14)25-23-16-6-5-13(21)9-17(16)24-25/h5-6,9-11,27H,7-8H2,1-4H3,(H,22,26). The van der Waals surface area contributed by atoms with Crippen LogP contribution in [0.2, 0.25) is 5.02 Å². The highest BCUT2D eigenvalue weighted by atomic mass is 35.5. The fraction of sp³-hybridized carbons (Fsp3) is 0.350. The minimum Gasteiger partial charge on any atom is -0.505 e. The number of hydrogen-bond acceptors (Lipinski definition) is 5. The number of phenols is 1. The van der Waals surface area contributed by atoms with Crippen LogP contribution in [-0.2, 0) is 10.2 Å². The molecule has 0 radical (unpaired) electrons. The number of nitrogens with one attached hydrogen (secondary N) is 1. The summed E-state index contributed by atoms with van der Waals surface area (Å²) in [6, 6.07) is 8.71. The second kappa shape index (κ2) is 7.67. The number of hydrogen-bond donors (Lipinski definition) is 2. The number of benzene rings is 2. The Labute approximate surface area is 168 Å². The van der Waals surface area contributed by atoms with Crippen molar-refractivity contribution in [3.05, 3.63) is 40.9 Å².